The highest BCUT2D eigenvalue weighted by Crippen LogP contribution is 2.18. The molecule has 1 aromatic rings. The Kier molecular flexibility index (Phi) is 4.36. The summed E-state index contributed by atoms with van der Waals surface area (Å²) in [5.41, 5.74) is 0. The topological polar surface area (TPSA) is 57.6 Å². The summed E-state index contributed by atoms with van der Waals surface area (Å²) >= 11 is 1.71. The van der Waals surface area contributed by atoms with Crippen LogP contribution in [-0.2, 0) is 16.0 Å². The van der Waals surface area contributed by atoms with Crippen molar-refractivity contribution in [3.8, 4) is 0 Å². The van der Waals surface area contributed by atoms with E-state index < -0.39 is 5.97 Å². The molecule has 0 spiro atoms. The van der Waals surface area contributed by atoms with Gasteiger partial charge in [0.05, 0.1) is 5.92 Å². The van der Waals surface area contributed by atoms with Crippen molar-refractivity contribution in [2.24, 2.45) is 5.92 Å². The van der Waals surface area contributed by atoms with Gasteiger partial charge >= 0.3 is 5.97 Å². The first kappa shape index (κ1) is 13.1. The number of nitrogens with zero attached hydrogens (tertiary/aromatic N) is 1. The summed E-state index contributed by atoms with van der Waals surface area (Å²) in [6.07, 6.45) is 2.88. The largest absolute Gasteiger partial charge is 0.481 e. The summed E-state index contributed by atoms with van der Waals surface area (Å²) in [5, 5.41) is 10.9. The smallest absolute Gasteiger partial charge is 0.308 e. The molecule has 0 radical (unpaired) electrons. The zero-order valence-corrected chi connectivity index (χ0v) is 11.0. The SMILES string of the molecule is O=C(O)[C@@H]1CCN(C(=O)CCCc2cccs2)C1. The third-order valence-electron chi connectivity index (χ3n) is 3.28. The van der Waals surface area contributed by atoms with Crippen LogP contribution in [0.25, 0.3) is 0 Å². The highest BCUT2D eigenvalue weighted by molar-refractivity contribution is 7.09. The van der Waals surface area contributed by atoms with Gasteiger partial charge in [-0.15, -0.1) is 11.3 Å². The number of carboxylic acids is 1. The Balaban J connectivity index is 1.71. The van der Waals surface area contributed by atoms with E-state index in [9.17, 15) is 9.59 Å². The van der Waals surface area contributed by atoms with Crippen molar-refractivity contribution in [2.75, 3.05) is 13.1 Å². The minimum atomic E-state index is -0.788. The molecule has 0 unspecified atom stereocenters. The highest BCUT2D eigenvalue weighted by atomic mass is 32.1. The van der Waals surface area contributed by atoms with Gasteiger partial charge in [0.1, 0.15) is 0 Å². The van der Waals surface area contributed by atoms with Gasteiger partial charge in [0, 0.05) is 24.4 Å². The predicted octanol–water partition coefficient (Wildman–Crippen LogP) is 2.00. The molecule has 2 rings (SSSR count). The number of aliphatic carboxylic acids is 1. The lowest BCUT2D eigenvalue weighted by Crippen LogP contribution is -2.29. The molecule has 1 atom stereocenters. The number of aryl methyl sites for hydroxylation is 1. The van der Waals surface area contributed by atoms with Gasteiger partial charge in [0.25, 0.3) is 0 Å². The van der Waals surface area contributed by atoms with Crippen molar-refractivity contribution >= 4 is 23.2 Å². The molecule has 2 heterocycles. The molecular weight excluding hydrogens is 250 g/mol. The first-order chi connectivity index (χ1) is 8.66. The summed E-state index contributed by atoms with van der Waals surface area (Å²) in [7, 11) is 0. The third-order valence-corrected chi connectivity index (χ3v) is 4.22. The lowest BCUT2D eigenvalue weighted by molar-refractivity contribution is -0.141. The van der Waals surface area contributed by atoms with Gasteiger partial charge in [-0.3, -0.25) is 9.59 Å². The second kappa shape index (κ2) is 6.00. The van der Waals surface area contributed by atoms with E-state index in [1.165, 1.54) is 4.88 Å². The third kappa shape index (κ3) is 3.32. The average Bonchev–Trinajstić information content (AvgIpc) is 2.99. The van der Waals surface area contributed by atoms with Crippen LogP contribution in [0.2, 0.25) is 0 Å². The molecule has 18 heavy (non-hydrogen) atoms. The molecule has 0 bridgehead atoms. The van der Waals surface area contributed by atoms with Gasteiger partial charge in [-0.2, -0.15) is 0 Å². The molecule has 1 amide bonds. The number of likely N-dealkylation sites (tertiary alicyclic amines) is 1. The van der Waals surface area contributed by atoms with Gasteiger partial charge in [0.15, 0.2) is 0 Å². The van der Waals surface area contributed by atoms with Crippen LogP contribution in [0.15, 0.2) is 17.5 Å². The zero-order chi connectivity index (χ0) is 13.0. The summed E-state index contributed by atoms with van der Waals surface area (Å²) in [4.78, 5) is 25.7. The number of carbonyl (C=O) groups is 2. The minimum Gasteiger partial charge on any atom is -0.481 e. The van der Waals surface area contributed by atoms with E-state index in [1.54, 1.807) is 16.2 Å². The fourth-order valence-electron chi connectivity index (χ4n) is 2.22. The monoisotopic (exact) mass is 267 g/mol. The Bertz CT molecular complexity index is 416. The number of rotatable bonds is 5. The van der Waals surface area contributed by atoms with E-state index in [0.29, 0.717) is 25.9 Å². The van der Waals surface area contributed by atoms with Gasteiger partial charge in [-0.25, -0.2) is 0 Å². The van der Waals surface area contributed by atoms with Crippen LogP contribution in [0.1, 0.15) is 24.1 Å². The van der Waals surface area contributed by atoms with Gasteiger partial charge in [-0.05, 0) is 30.7 Å². The second-order valence-electron chi connectivity index (χ2n) is 4.60. The molecule has 0 aliphatic carbocycles. The van der Waals surface area contributed by atoms with Gasteiger partial charge < -0.3 is 10.0 Å². The maximum atomic E-state index is 11.9. The van der Waals surface area contributed by atoms with Gasteiger partial charge in [-0.1, -0.05) is 6.07 Å². The van der Waals surface area contributed by atoms with Gasteiger partial charge in [0.2, 0.25) is 5.91 Å². The van der Waals surface area contributed by atoms with E-state index in [1.807, 2.05) is 11.4 Å². The summed E-state index contributed by atoms with van der Waals surface area (Å²) < 4.78 is 0. The van der Waals surface area contributed by atoms with E-state index in [-0.39, 0.29) is 11.8 Å². The fraction of sp³-hybridized carbons (Fsp3) is 0.538. The Morgan fingerprint density at radius 2 is 2.33 bits per heavy atom. The van der Waals surface area contributed by atoms with Crippen LogP contribution in [0.4, 0.5) is 0 Å². The van der Waals surface area contributed by atoms with Crippen LogP contribution in [0.5, 0.6) is 0 Å². The Hall–Kier alpha value is -1.36. The Morgan fingerprint density at radius 1 is 1.50 bits per heavy atom. The predicted molar refractivity (Wildman–Crippen MR) is 69.6 cm³/mol. The van der Waals surface area contributed by atoms with E-state index in [2.05, 4.69) is 6.07 Å². The fourth-order valence-corrected chi connectivity index (χ4v) is 2.97. The highest BCUT2D eigenvalue weighted by Gasteiger charge is 2.30. The number of carboxylic acid groups (broad SMARTS) is 1. The lowest BCUT2D eigenvalue weighted by atomic mass is 10.1. The summed E-state index contributed by atoms with van der Waals surface area (Å²) in [6.45, 7) is 0.974. The molecular formula is C13H17NO3S. The van der Waals surface area contributed by atoms with Crippen LogP contribution < -0.4 is 0 Å². The second-order valence-corrected chi connectivity index (χ2v) is 5.63. The van der Waals surface area contributed by atoms with Crippen LogP contribution in [0, 0.1) is 5.92 Å². The molecule has 4 nitrogen and oxygen atoms in total. The molecule has 0 saturated carbocycles. The number of hydrogen-bond acceptors (Lipinski definition) is 3. The quantitative estimate of drug-likeness (QED) is 0.887. The average molecular weight is 267 g/mol. The maximum absolute atomic E-state index is 11.9. The lowest BCUT2D eigenvalue weighted by Gasteiger charge is -2.15. The standard InChI is InChI=1S/C13H17NO3S/c15-12(5-1-3-11-4-2-8-18-11)14-7-6-10(9-14)13(16)17/h2,4,8,10H,1,3,5-7,9H2,(H,16,17)/t10-/m1/s1. The van der Waals surface area contributed by atoms with Crippen molar-refractivity contribution in [3.63, 3.8) is 0 Å². The first-order valence-corrected chi connectivity index (χ1v) is 7.08. The van der Waals surface area contributed by atoms with E-state index >= 15 is 0 Å². The van der Waals surface area contributed by atoms with Crippen LogP contribution in [-0.4, -0.2) is 35.0 Å². The summed E-state index contributed by atoms with van der Waals surface area (Å²) in [5.74, 6) is -1.06. The van der Waals surface area contributed by atoms with Crippen molar-refractivity contribution in [3.05, 3.63) is 22.4 Å². The van der Waals surface area contributed by atoms with Crippen molar-refractivity contribution in [1.82, 2.24) is 4.90 Å². The molecule has 5 heteroatoms. The van der Waals surface area contributed by atoms with Crippen LogP contribution >= 0.6 is 11.3 Å². The minimum absolute atomic E-state index is 0.0929. The van der Waals surface area contributed by atoms with Crippen molar-refractivity contribution in [1.29, 1.82) is 0 Å². The van der Waals surface area contributed by atoms with Crippen LogP contribution in [0.3, 0.4) is 0 Å². The number of amides is 1. The molecule has 0 aromatic carbocycles. The molecule has 98 valence electrons. The van der Waals surface area contributed by atoms with Crippen molar-refractivity contribution in [2.45, 2.75) is 25.7 Å². The zero-order valence-electron chi connectivity index (χ0n) is 10.2. The van der Waals surface area contributed by atoms with E-state index in [4.69, 9.17) is 5.11 Å². The normalized spacial score (nSPS) is 19.1. The molecule has 1 saturated heterocycles. The first-order valence-electron chi connectivity index (χ1n) is 6.20. The molecule has 1 aliphatic heterocycles. The van der Waals surface area contributed by atoms with E-state index in [0.717, 1.165) is 12.8 Å². The number of carbonyl (C=O) groups excluding carboxylic acids is 1. The number of hydrogen-bond donors (Lipinski definition) is 1. The number of thiophene rings is 1. The molecule has 1 aromatic heterocycles. The molecule has 1 N–H and O–H groups in total. The Labute approximate surface area is 110 Å². The summed E-state index contributed by atoms with van der Waals surface area (Å²) in [6, 6.07) is 4.09. The molecule has 1 fully saturated rings. The maximum Gasteiger partial charge on any atom is 0.308 e. The van der Waals surface area contributed by atoms with Crippen molar-refractivity contribution < 1.29 is 14.7 Å². The Morgan fingerprint density at radius 3 is 2.94 bits per heavy atom. The molecule has 1 aliphatic rings.